The number of hydrogen-bond donors (Lipinski definition) is 0. The van der Waals surface area contributed by atoms with Crippen LogP contribution in [-0.4, -0.2) is 90.3 Å². The molecule has 0 bridgehead atoms. The molecule has 1 saturated carbocycles. The van der Waals surface area contributed by atoms with Crippen molar-refractivity contribution in [1.82, 2.24) is 4.31 Å². The summed E-state index contributed by atoms with van der Waals surface area (Å²) in [7, 11) is -7.65. The van der Waals surface area contributed by atoms with Crippen molar-refractivity contribution in [3.8, 4) is 0 Å². The van der Waals surface area contributed by atoms with Gasteiger partial charge in [-0.2, -0.15) is 0 Å². The summed E-state index contributed by atoms with van der Waals surface area (Å²) in [5.41, 5.74) is 5.59. The molecule has 4 aliphatic rings. The molecule has 5 rings (SSSR count). The monoisotopic (exact) mass is 721 g/mol. The molecule has 3 unspecified atom stereocenters. The van der Waals surface area contributed by atoms with Gasteiger partial charge in [0.1, 0.15) is 6.54 Å². The van der Waals surface area contributed by atoms with Crippen LogP contribution in [0.2, 0.25) is 0 Å². The number of nitrogens with zero attached hydrogens (tertiary/aromatic N) is 3. The van der Waals surface area contributed by atoms with Gasteiger partial charge in [-0.15, -0.1) is 0 Å². The zero-order valence-corrected chi connectivity index (χ0v) is 31.9. The maximum atomic E-state index is 14.2. The van der Waals surface area contributed by atoms with Gasteiger partial charge < -0.3 is 9.45 Å². The van der Waals surface area contributed by atoms with Crippen LogP contribution in [0.15, 0.2) is 18.2 Å². The second kappa shape index (κ2) is 17.7. The van der Waals surface area contributed by atoms with E-state index < -0.39 is 20.1 Å². The number of fused-ring (bicyclic) bond motifs is 1. The molecule has 270 valence electrons. The van der Waals surface area contributed by atoms with E-state index in [2.05, 4.69) is 47.6 Å². The summed E-state index contributed by atoms with van der Waals surface area (Å²) in [6.07, 6.45) is 20.7. The molecular weight excluding hydrogens is 663 g/mol. The van der Waals surface area contributed by atoms with Gasteiger partial charge in [-0.1, -0.05) is 52.4 Å². The first-order valence-corrected chi connectivity index (χ1v) is 22.9. The lowest BCUT2D eigenvalue weighted by Gasteiger charge is -2.37. The molecular formula is C37H59N3O5S3. The molecule has 48 heavy (non-hydrogen) atoms. The van der Waals surface area contributed by atoms with Gasteiger partial charge in [0.15, 0.2) is 6.04 Å². The summed E-state index contributed by atoms with van der Waals surface area (Å²) >= 11 is 1.80. The third-order valence-corrected chi connectivity index (χ3v) is 15.3. The second-order valence-electron chi connectivity index (χ2n) is 14.4. The predicted molar refractivity (Wildman–Crippen MR) is 200 cm³/mol. The van der Waals surface area contributed by atoms with Gasteiger partial charge in [-0.05, 0) is 104 Å². The molecule has 0 spiro atoms. The highest BCUT2D eigenvalue weighted by Crippen LogP contribution is 2.41. The predicted octanol–water partition coefficient (Wildman–Crippen LogP) is 6.96. The van der Waals surface area contributed by atoms with Crippen LogP contribution < -0.4 is 4.90 Å². The lowest BCUT2D eigenvalue weighted by atomic mass is 9.90. The maximum Gasteiger partial charge on any atom is 0.235 e. The van der Waals surface area contributed by atoms with Crippen molar-refractivity contribution in [3.63, 3.8) is 0 Å². The van der Waals surface area contributed by atoms with Crippen molar-refractivity contribution in [2.75, 3.05) is 43.4 Å². The molecule has 0 aromatic heterocycles. The summed E-state index contributed by atoms with van der Waals surface area (Å²) in [5.74, 6) is -0.338. The lowest BCUT2D eigenvalue weighted by molar-refractivity contribution is -0.562. The third-order valence-electron chi connectivity index (χ3n) is 10.8. The Bertz CT molecular complexity index is 1460. The molecule has 3 aliphatic heterocycles. The molecule has 11 heteroatoms. The minimum atomic E-state index is -4.24. The van der Waals surface area contributed by atoms with E-state index in [0.717, 1.165) is 88.8 Å². The Balaban J connectivity index is 1.32. The number of thioether (sulfide) groups is 1. The highest BCUT2D eigenvalue weighted by Gasteiger charge is 2.49. The fraction of sp³-hybridized carbons (Fsp3) is 0.757. The van der Waals surface area contributed by atoms with Gasteiger partial charge in [-0.3, -0.25) is 0 Å². The van der Waals surface area contributed by atoms with E-state index in [4.69, 9.17) is 0 Å². The van der Waals surface area contributed by atoms with Crippen LogP contribution in [0.25, 0.3) is 6.08 Å². The number of hydrogen-bond acceptors (Lipinski definition) is 7. The van der Waals surface area contributed by atoms with Crippen molar-refractivity contribution >= 4 is 48.7 Å². The zero-order valence-electron chi connectivity index (χ0n) is 29.4. The Morgan fingerprint density at radius 1 is 0.875 bits per heavy atom. The molecule has 1 fully saturated rings. The largest absolute Gasteiger partial charge is 0.748 e. The van der Waals surface area contributed by atoms with Gasteiger partial charge in [0.25, 0.3) is 0 Å². The minimum absolute atomic E-state index is 0.168. The molecule has 3 heterocycles. The SMILES string of the molecule is CCCCCCN(CCCCCC)S(=O)(=O)C1CCC2C(C1)SC(C=Cc1cc3c4c(c1)CCCN4CCC3)=[N+]2CCCCS(=O)(=O)[O-]. The van der Waals surface area contributed by atoms with Crippen LogP contribution in [0.1, 0.15) is 127 Å². The average molecular weight is 722 g/mol. The van der Waals surface area contributed by atoms with Gasteiger partial charge >= 0.3 is 0 Å². The maximum absolute atomic E-state index is 14.2. The Morgan fingerprint density at radius 2 is 1.52 bits per heavy atom. The van der Waals surface area contributed by atoms with Crippen molar-refractivity contribution in [2.45, 2.75) is 140 Å². The number of unbranched alkanes of at least 4 members (excludes halogenated alkanes) is 7. The molecule has 0 amide bonds. The van der Waals surface area contributed by atoms with Crippen molar-refractivity contribution < 1.29 is 26.0 Å². The Kier molecular flexibility index (Phi) is 14.0. The highest BCUT2D eigenvalue weighted by molar-refractivity contribution is 8.14. The van der Waals surface area contributed by atoms with Crippen LogP contribution in [0.4, 0.5) is 5.69 Å². The number of anilines is 1. The molecule has 0 saturated heterocycles. The summed E-state index contributed by atoms with van der Waals surface area (Å²) < 4.78 is 66.4. The van der Waals surface area contributed by atoms with Gasteiger partial charge in [0, 0.05) is 56.5 Å². The lowest BCUT2D eigenvalue weighted by Crippen LogP contribution is -2.46. The minimum Gasteiger partial charge on any atom is -0.748 e. The van der Waals surface area contributed by atoms with Crippen molar-refractivity contribution in [3.05, 3.63) is 34.9 Å². The Labute approximate surface area is 295 Å². The summed E-state index contributed by atoms with van der Waals surface area (Å²) in [5, 5.41) is 0.940. The van der Waals surface area contributed by atoms with E-state index in [0.29, 0.717) is 45.3 Å². The molecule has 1 aromatic carbocycles. The molecule has 0 N–H and O–H groups in total. The molecule has 8 nitrogen and oxygen atoms in total. The second-order valence-corrected chi connectivity index (χ2v) is 19.4. The fourth-order valence-electron chi connectivity index (χ4n) is 8.29. The Morgan fingerprint density at radius 3 is 2.12 bits per heavy atom. The van der Waals surface area contributed by atoms with Crippen LogP contribution in [0, 0.1) is 0 Å². The van der Waals surface area contributed by atoms with Gasteiger partial charge in [0.05, 0.1) is 20.6 Å². The van der Waals surface area contributed by atoms with Crippen molar-refractivity contribution in [1.29, 1.82) is 0 Å². The standard InChI is InChI=1S/C37H59N3O5S3/c1-3-5-7-9-23-39(24-10-8-6-4-2)48(44,45)33-18-19-34-35(29-33)46-36(40(34)25-11-12-26-47(41,42)43)20-17-30-27-31-15-13-21-38-22-14-16-32(28-30)37(31)38/h17,20,27-28,33-35H,3-16,18-19,21-26,29H2,1-2H3. The number of sulfonamides is 1. The van der Waals surface area contributed by atoms with Gasteiger partial charge in [-0.25, -0.2) is 25.7 Å². The van der Waals surface area contributed by atoms with E-state index in [1.807, 2.05) is 4.31 Å². The zero-order chi connectivity index (χ0) is 34.1. The Hall–Kier alpha value is -1.40. The van der Waals surface area contributed by atoms with E-state index in [9.17, 15) is 21.4 Å². The average Bonchev–Trinajstić information content (AvgIpc) is 3.41. The smallest absolute Gasteiger partial charge is 0.235 e. The molecule has 1 aliphatic carbocycles. The summed E-state index contributed by atoms with van der Waals surface area (Å²) in [4.78, 5) is 2.56. The van der Waals surface area contributed by atoms with E-state index in [1.54, 1.807) is 11.8 Å². The van der Waals surface area contributed by atoms with Crippen LogP contribution in [-0.2, 0) is 33.0 Å². The first-order chi connectivity index (χ1) is 23.1. The summed E-state index contributed by atoms with van der Waals surface area (Å²) in [6.45, 7) is 8.60. The first kappa shape index (κ1) is 37.8. The number of rotatable bonds is 19. The van der Waals surface area contributed by atoms with Crippen LogP contribution >= 0.6 is 11.8 Å². The molecule has 0 radical (unpaired) electrons. The number of benzene rings is 1. The number of aryl methyl sites for hydroxylation is 2. The third kappa shape index (κ3) is 9.89. The van der Waals surface area contributed by atoms with E-state index >= 15 is 0 Å². The highest BCUT2D eigenvalue weighted by atomic mass is 32.2. The summed E-state index contributed by atoms with van der Waals surface area (Å²) in [6, 6.07) is 4.91. The topological polar surface area (TPSA) is 101 Å². The van der Waals surface area contributed by atoms with Crippen LogP contribution in [0.5, 0.6) is 0 Å². The fourth-order valence-corrected chi connectivity index (χ4v) is 12.6. The quantitative estimate of drug-likeness (QED) is 0.0865. The van der Waals surface area contributed by atoms with E-state index in [1.165, 1.54) is 35.2 Å². The molecule has 1 aromatic rings. The van der Waals surface area contributed by atoms with E-state index in [-0.39, 0.29) is 22.3 Å². The van der Waals surface area contributed by atoms with Crippen molar-refractivity contribution in [2.24, 2.45) is 0 Å². The van der Waals surface area contributed by atoms with Gasteiger partial charge in [0.2, 0.25) is 15.1 Å². The van der Waals surface area contributed by atoms with Crippen LogP contribution in [0.3, 0.4) is 0 Å². The first-order valence-electron chi connectivity index (χ1n) is 18.9. The normalized spacial score (nSPS) is 22.9. The molecule has 3 atom stereocenters.